The number of fused-ring (bicyclic) bond motifs is 1. The maximum absolute atomic E-state index is 12.8. The van der Waals surface area contributed by atoms with Gasteiger partial charge in [-0.25, -0.2) is 0 Å². The first kappa shape index (κ1) is 18.1. The van der Waals surface area contributed by atoms with Crippen molar-refractivity contribution in [2.75, 3.05) is 18.0 Å². The maximum Gasteiger partial charge on any atom is 0.270 e. The Morgan fingerprint density at radius 2 is 1.82 bits per heavy atom. The van der Waals surface area contributed by atoms with Gasteiger partial charge < -0.3 is 14.2 Å². The highest BCUT2D eigenvalue weighted by Crippen LogP contribution is 2.31. The molecule has 2 aromatic carbocycles. The van der Waals surface area contributed by atoms with Crippen LogP contribution in [0.2, 0.25) is 0 Å². The monoisotopic (exact) mass is 373 g/mol. The Bertz CT molecular complexity index is 1100. The number of hydrogen-bond acceptors (Lipinski definition) is 4. The molecule has 1 aromatic heterocycles. The van der Waals surface area contributed by atoms with Crippen molar-refractivity contribution in [1.29, 1.82) is 5.26 Å². The lowest BCUT2D eigenvalue weighted by atomic mass is 10.0. The molecular weight excluding hydrogens is 350 g/mol. The van der Waals surface area contributed by atoms with E-state index in [-0.39, 0.29) is 17.2 Å². The van der Waals surface area contributed by atoms with E-state index in [2.05, 4.69) is 11.0 Å². The third-order valence-electron chi connectivity index (χ3n) is 5.44. The minimum atomic E-state index is -0.238. The van der Waals surface area contributed by atoms with Gasteiger partial charge in [0.05, 0.1) is 11.2 Å². The highest BCUT2D eigenvalue weighted by Gasteiger charge is 2.26. The minimum Gasteiger partial charge on any atom is -0.490 e. The molecule has 142 valence electrons. The molecule has 3 aromatic rings. The number of aryl methyl sites for hydroxylation is 2. The van der Waals surface area contributed by atoms with E-state index in [1.165, 1.54) is 0 Å². The molecule has 5 nitrogen and oxygen atoms in total. The summed E-state index contributed by atoms with van der Waals surface area (Å²) in [5, 5.41) is 10.7. The Morgan fingerprint density at radius 1 is 1.11 bits per heavy atom. The number of rotatable bonds is 3. The predicted molar refractivity (Wildman–Crippen MR) is 111 cm³/mol. The number of benzene rings is 2. The summed E-state index contributed by atoms with van der Waals surface area (Å²) < 4.78 is 7.66. The van der Waals surface area contributed by atoms with Crippen LogP contribution in [0.25, 0.3) is 10.9 Å². The van der Waals surface area contributed by atoms with Crippen LogP contribution in [0.3, 0.4) is 0 Å². The van der Waals surface area contributed by atoms with Gasteiger partial charge in [0.15, 0.2) is 0 Å². The van der Waals surface area contributed by atoms with Gasteiger partial charge in [-0.3, -0.25) is 4.79 Å². The van der Waals surface area contributed by atoms with Crippen molar-refractivity contribution >= 4 is 16.6 Å². The van der Waals surface area contributed by atoms with Crippen LogP contribution in [-0.4, -0.2) is 23.8 Å². The lowest BCUT2D eigenvalue weighted by molar-refractivity contribution is 0.171. The number of anilines is 1. The molecule has 0 N–H and O–H groups in total. The Morgan fingerprint density at radius 3 is 2.50 bits per heavy atom. The van der Waals surface area contributed by atoms with Crippen molar-refractivity contribution in [2.45, 2.75) is 25.9 Å². The van der Waals surface area contributed by atoms with Crippen molar-refractivity contribution < 1.29 is 4.74 Å². The Labute approximate surface area is 164 Å². The predicted octanol–water partition coefficient (Wildman–Crippen LogP) is 3.77. The fourth-order valence-corrected chi connectivity index (χ4v) is 3.95. The van der Waals surface area contributed by atoms with Gasteiger partial charge in [-0.05, 0) is 30.7 Å². The first-order valence-corrected chi connectivity index (χ1v) is 9.58. The van der Waals surface area contributed by atoms with Crippen LogP contribution in [0, 0.1) is 18.3 Å². The summed E-state index contributed by atoms with van der Waals surface area (Å²) in [4.78, 5) is 15.0. The summed E-state index contributed by atoms with van der Waals surface area (Å²) in [7, 11) is 1.73. The average molecular weight is 373 g/mol. The fraction of sp³-hybridized carbons (Fsp3) is 0.304. The number of hydrogen-bond donors (Lipinski definition) is 0. The lowest BCUT2D eigenvalue weighted by Gasteiger charge is -2.35. The van der Waals surface area contributed by atoms with Gasteiger partial charge >= 0.3 is 0 Å². The molecule has 0 spiro atoms. The van der Waals surface area contributed by atoms with Gasteiger partial charge in [0.25, 0.3) is 5.56 Å². The van der Waals surface area contributed by atoms with E-state index in [0.29, 0.717) is 0 Å². The molecule has 0 radical (unpaired) electrons. The molecule has 5 heteroatoms. The van der Waals surface area contributed by atoms with Crippen LogP contribution in [-0.2, 0) is 7.05 Å². The largest absolute Gasteiger partial charge is 0.490 e. The molecule has 1 saturated heterocycles. The molecule has 1 aliphatic heterocycles. The van der Waals surface area contributed by atoms with Gasteiger partial charge in [-0.1, -0.05) is 30.3 Å². The van der Waals surface area contributed by atoms with E-state index in [1.807, 2.05) is 55.5 Å². The number of nitrogens with zero attached hydrogens (tertiary/aromatic N) is 3. The normalized spacial score (nSPS) is 14.8. The Balaban J connectivity index is 1.66. The highest BCUT2D eigenvalue weighted by atomic mass is 16.5. The van der Waals surface area contributed by atoms with Crippen LogP contribution < -0.4 is 15.2 Å². The molecular formula is C23H23N3O2. The lowest BCUT2D eigenvalue weighted by Crippen LogP contribution is -2.40. The van der Waals surface area contributed by atoms with Crippen LogP contribution in [0.1, 0.15) is 24.0 Å². The van der Waals surface area contributed by atoms with Crippen LogP contribution >= 0.6 is 0 Å². The fourth-order valence-electron chi connectivity index (χ4n) is 3.95. The molecule has 0 amide bonds. The van der Waals surface area contributed by atoms with Crippen molar-refractivity contribution in [3.63, 3.8) is 0 Å². The summed E-state index contributed by atoms with van der Waals surface area (Å²) in [6, 6.07) is 18.1. The molecule has 0 bridgehead atoms. The number of ether oxygens (including phenoxy) is 1. The van der Waals surface area contributed by atoms with Gasteiger partial charge in [-0.15, -0.1) is 0 Å². The van der Waals surface area contributed by atoms with E-state index >= 15 is 0 Å². The van der Waals surface area contributed by atoms with Gasteiger partial charge in [-0.2, -0.15) is 5.26 Å². The van der Waals surface area contributed by atoms with E-state index < -0.39 is 0 Å². The quantitative estimate of drug-likeness (QED) is 0.701. The van der Waals surface area contributed by atoms with E-state index in [9.17, 15) is 10.1 Å². The summed E-state index contributed by atoms with van der Waals surface area (Å²) in [6.07, 6.45) is 1.84. The van der Waals surface area contributed by atoms with E-state index in [0.717, 1.165) is 53.8 Å². The molecule has 0 unspecified atom stereocenters. The number of para-hydroxylation sites is 1. The number of aromatic nitrogens is 1. The summed E-state index contributed by atoms with van der Waals surface area (Å²) >= 11 is 0. The number of piperidine rings is 1. The van der Waals surface area contributed by atoms with Crippen LogP contribution in [0.4, 0.5) is 5.69 Å². The second kappa shape index (κ2) is 7.40. The highest BCUT2D eigenvalue weighted by molar-refractivity contribution is 5.95. The summed E-state index contributed by atoms with van der Waals surface area (Å²) in [5.74, 6) is 0.883. The second-order valence-electron chi connectivity index (χ2n) is 7.34. The van der Waals surface area contributed by atoms with Crippen molar-refractivity contribution in [2.24, 2.45) is 7.05 Å². The van der Waals surface area contributed by atoms with Crippen LogP contribution in [0.15, 0.2) is 53.3 Å². The first-order chi connectivity index (χ1) is 13.6. The number of nitriles is 1. The zero-order chi connectivity index (χ0) is 19.7. The van der Waals surface area contributed by atoms with Gasteiger partial charge in [0.2, 0.25) is 0 Å². The summed E-state index contributed by atoms with van der Waals surface area (Å²) in [6.45, 7) is 3.51. The standard InChI is InChI=1S/C23H23N3O2/c1-16-8-9-19-21(14-16)25(2)23(27)20(15-24)22(19)26-12-10-18(11-13-26)28-17-6-4-3-5-7-17/h3-9,14,18H,10-13H2,1-2H3. The zero-order valence-corrected chi connectivity index (χ0v) is 16.2. The van der Waals surface area contributed by atoms with E-state index in [1.54, 1.807) is 11.6 Å². The molecule has 0 atom stereocenters. The first-order valence-electron chi connectivity index (χ1n) is 9.58. The van der Waals surface area contributed by atoms with Crippen molar-refractivity contribution in [1.82, 2.24) is 4.57 Å². The second-order valence-corrected chi connectivity index (χ2v) is 7.34. The molecule has 1 aliphatic rings. The minimum absolute atomic E-state index is 0.143. The Hall–Kier alpha value is -3.26. The van der Waals surface area contributed by atoms with Gasteiger partial charge in [0, 0.05) is 38.4 Å². The van der Waals surface area contributed by atoms with E-state index in [4.69, 9.17) is 4.74 Å². The van der Waals surface area contributed by atoms with Crippen molar-refractivity contribution in [3.8, 4) is 11.8 Å². The smallest absolute Gasteiger partial charge is 0.270 e. The molecule has 28 heavy (non-hydrogen) atoms. The summed E-state index contributed by atoms with van der Waals surface area (Å²) in [5.41, 5.74) is 2.70. The molecule has 0 aliphatic carbocycles. The molecule has 4 rings (SSSR count). The Kier molecular flexibility index (Phi) is 4.79. The van der Waals surface area contributed by atoms with Gasteiger partial charge in [0.1, 0.15) is 23.5 Å². The van der Waals surface area contributed by atoms with Crippen LogP contribution in [0.5, 0.6) is 5.75 Å². The molecule has 1 fully saturated rings. The molecule has 0 saturated carbocycles. The third kappa shape index (κ3) is 3.22. The zero-order valence-electron chi connectivity index (χ0n) is 16.2. The van der Waals surface area contributed by atoms with Crippen molar-refractivity contribution in [3.05, 3.63) is 70.0 Å². The number of pyridine rings is 1. The molecule has 2 heterocycles. The third-order valence-corrected chi connectivity index (χ3v) is 5.44. The SMILES string of the molecule is Cc1ccc2c(N3CCC(Oc4ccccc4)CC3)c(C#N)c(=O)n(C)c2c1. The topological polar surface area (TPSA) is 58.3 Å². The average Bonchev–Trinajstić information content (AvgIpc) is 2.72. The maximum atomic E-state index is 12.8.